The Morgan fingerprint density at radius 1 is 0.795 bits per heavy atom. The molecule has 0 saturated carbocycles. The Kier molecular flexibility index (Phi) is 5.75. The van der Waals surface area contributed by atoms with E-state index in [9.17, 15) is 0 Å². The maximum Gasteiger partial charge on any atom is 0.116 e. The van der Waals surface area contributed by atoms with Crippen LogP contribution in [0.4, 0.5) is 0 Å². The second kappa shape index (κ2) is 9.70. The molecule has 0 amide bonds. The number of benzene rings is 3. The molecule has 0 atom stereocenters. The minimum absolute atomic E-state index is 0.753. The number of imidazole rings is 1. The van der Waals surface area contributed by atoms with Crippen molar-refractivity contribution in [2.45, 2.75) is 20.0 Å². The highest BCUT2D eigenvalue weighted by Crippen LogP contribution is 2.33. The van der Waals surface area contributed by atoms with Crippen LogP contribution in [0.5, 0.6) is 0 Å². The largest absolute Gasteiger partial charge is 0.353 e. The first-order valence-corrected chi connectivity index (χ1v) is 13.0. The number of aromatic nitrogens is 6. The van der Waals surface area contributed by atoms with Gasteiger partial charge in [-0.1, -0.05) is 42.5 Å². The van der Waals surface area contributed by atoms with Crippen LogP contribution in [-0.2, 0) is 13.1 Å². The van der Waals surface area contributed by atoms with Gasteiger partial charge in [-0.3, -0.25) is 10.1 Å². The second-order valence-corrected chi connectivity index (χ2v) is 9.85. The van der Waals surface area contributed by atoms with Gasteiger partial charge < -0.3 is 14.9 Å². The number of rotatable bonds is 7. The number of nitrogens with one attached hydrogen (secondary N) is 3. The molecule has 3 N–H and O–H groups in total. The van der Waals surface area contributed by atoms with Crippen LogP contribution in [0, 0.1) is 6.92 Å². The fourth-order valence-electron chi connectivity index (χ4n) is 5.13. The summed E-state index contributed by atoms with van der Waals surface area (Å²) in [6.07, 6.45) is 7.74. The molecule has 0 aliphatic heterocycles. The van der Waals surface area contributed by atoms with Gasteiger partial charge in [0.1, 0.15) is 5.69 Å². The molecule has 0 unspecified atom stereocenters. The average molecular weight is 510 g/mol. The van der Waals surface area contributed by atoms with Crippen LogP contribution in [-0.4, -0.2) is 29.7 Å². The minimum Gasteiger partial charge on any atom is -0.353 e. The van der Waals surface area contributed by atoms with Gasteiger partial charge in [0.25, 0.3) is 0 Å². The fourth-order valence-corrected chi connectivity index (χ4v) is 5.13. The number of hydrogen-bond donors (Lipinski definition) is 3. The van der Waals surface area contributed by atoms with E-state index in [4.69, 9.17) is 0 Å². The van der Waals surface area contributed by atoms with E-state index in [1.165, 1.54) is 5.56 Å². The van der Waals surface area contributed by atoms with Crippen LogP contribution in [0.3, 0.4) is 0 Å². The molecule has 4 aromatic heterocycles. The molecule has 0 fully saturated rings. The molecule has 7 aromatic rings. The first kappa shape index (κ1) is 23.1. The molecule has 3 aromatic carbocycles. The Morgan fingerprint density at radius 2 is 1.69 bits per heavy atom. The Morgan fingerprint density at radius 3 is 2.56 bits per heavy atom. The number of fused-ring (bicyclic) bond motifs is 2. The van der Waals surface area contributed by atoms with Gasteiger partial charge in [0.15, 0.2) is 0 Å². The lowest BCUT2D eigenvalue weighted by Gasteiger charge is -2.08. The first-order chi connectivity index (χ1) is 19.2. The van der Waals surface area contributed by atoms with Gasteiger partial charge in [0.2, 0.25) is 0 Å². The summed E-state index contributed by atoms with van der Waals surface area (Å²) in [5.74, 6) is 0. The standard InChI is InChI=1S/C32H27N7/c1-21-19-39(20-35-21)31-9-5-8-28-26(31)14-30(36-28)32-27-13-24(10-11-29(27)37-38-32)25-12-23(17-34-18-25)16-33-15-22-6-3-2-4-7-22/h2-14,17-20,33,36H,15-16H2,1H3,(H,37,38). The van der Waals surface area contributed by atoms with Crippen LogP contribution < -0.4 is 5.32 Å². The van der Waals surface area contributed by atoms with Crippen LogP contribution in [0.15, 0.2) is 104 Å². The van der Waals surface area contributed by atoms with Gasteiger partial charge >= 0.3 is 0 Å². The van der Waals surface area contributed by atoms with Crippen molar-refractivity contribution in [1.29, 1.82) is 0 Å². The zero-order valence-electron chi connectivity index (χ0n) is 21.5. The number of aryl methyl sites for hydroxylation is 1. The Balaban J connectivity index is 1.20. The molecule has 7 heteroatoms. The molecule has 0 spiro atoms. The van der Waals surface area contributed by atoms with E-state index in [1.54, 1.807) is 0 Å². The maximum absolute atomic E-state index is 4.69. The summed E-state index contributed by atoms with van der Waals surface area (Å²) in [6, 6.07) is 27.5. The SMILES string of the molecule is Cc1cn(-c2cccc3[nH]c(-c4n[nH]c5ccc(-c6cncc(CNCc7ccccc7)c6)cc45)cc23)cn1. The van der Waals surface area contributed by atoms with E-state index in [1.807, 2.05) is 37.9 Å². The minimum atomic E-state index is 0.753. The van der Waals surface area contributed by atoms with Crippen LogP contribution in [0.25, 0.3) is 50.0 Å². The molecule has 190 valence electrons. The summed E-state index contributed by atoms with van der Waals surface area (Å²) in [6.45, 7) is 3.57. The van der Waals surface area contributed by atoms with E-state index >= 15 is 0 Å². The fraction of sp³-hybridized carbons (Fsp3) is 0.0938. The molecular weight excluding hydrogens is 482 g/mol. The molecule has 7 nitrogen and oxygen atoms in total. The van der Waals surface area contributed by atoms with E-state index < -0.39 is 0 Å². The lowest BCUT2D eigenvalue weighted by molar-refractivity contribution is 0.691. The topological polar surface area (TPSA) is 87.2 Å². The molecular formula is C32H27N7. The summed E-state index contributed by atoms with van der Waals surface area (Å²) < 4.78 is 2.06. The number of nitrogens with zero attached hydrogens (tertiary/aromatic N) is 4. The van der Waals surface area contributed by atoms with Gasteiger partial charge in [-0.2, -0.15) is 5.10 Å². The van der Waals surface area contributed by atoms with E-state index in [0.717, 1.165) is 74.4 Å². The van der Waals surface area contributed by atoms with Gasteiger partial charge in [-0.15, -0.1) is 0 Å². The number of hydrogen-bond acceptors (Lipinski definition) is 4. The summed E-state index contributed by atoms with van der Waals surface area (Å²) in [5, 5.41) is 13.6. The molecule has 0 saturated heterocycles. The third-order valence-electron chi connectivity index (χ3n) is 7.08. The van der Waals surface area contributed by atoms with Crippen molar-refractivity contribution >= 4 is 21.8 Å². The van der Waals surface area contributed by atoms with Crippen molar-refractivity contribution in [1.82, 2.24) is 35.0 Å². The lowest BCUT2D eigenvalue weighted by atomic mass is 10.0. The number of aromatic amines is 2. The summed E-state index contributed by atoms with van der Waals surface area (Å²) in [5.41, 5.74) is 10.6. The highest BCUT2D eigenvalue weighted by atomic mass is 15.1. The average Bonchev–Trinajstić information content (AvgIpc) is 3.71. The molecule has 39 heavy (non-hydrogen) atoms. The van der Waals surface area contributed by atoms with Crippen LogP contribution in [0.2, 0.25) is 0 Å². The third kappa shape index (κ3) is 4.49. The van der Waals surface area contributed by atoms with Crippen molar-refractivity contribution in [3.63, 3.8) is 0 Å². The molecule has 0 aliphatic carbocycles. The third-order valence-corrected chi connectivity index (χ3v) is 7.08. The number of pyridine rings is 1. The van der Waals surface area contributed by atoms with E-state index in [0.29, 0.717) is 0 Å². The molecule has 4 heterocycles. The lowest BCUT2D eigenvalue weighted by Crippen LogP contribution is -2.12. The zero-order chi connectivity index (χ0) is 26.2. The maximum atomic E-state index is 4.69. The van der Waals surface area contributed by atoms with Crippen LogP contribution >= 0.6 is 0 Å². The van der Waals surface area contributed by atoms with E-state index in [2.05, 4.69) is 108 Å². The van der Waals surface area contributed by atoms with Gasteiger partial charge in [-0.25, -0.2) is 4.98 Å². The molecule has 0 radical (unpaired) electrons. The predicted molar refractivity (Wildman–Crippen MR) is 155 cm³/mol. The quantitative estimate of drug-likeness (QED) is 0.227. The van der Waals surface area contributed by atoms with E-state index in [-0.39, 0.29) is 0 Å². The van der Waals surface area contributed by atoms with Crippen LogP contribution in [0.1, 0.15) is 16.8 Å². The monoisotopic (exact) mass is 509 g/mol. The highest BCUT2D eigenvalue weighted by Gasteiger charge is 2.14. The molecule has 0 aliphatic rings. The van der Waals surface area contributed by atoms with Crippen molar-refractivity contribution < 1.29 is 0 Å². The van der Waals surface area contributed by atoms with Crippen molar-refractivity contribution in [3.8, 4) is 28.2 Å². The molecule has 7 rings (SSSR count). The Hall–Kier alpha value is -5.01. The molecule has 0 bridgehead atoms. The van der Waals surface area contributed by atoms with Crippen molar-refractivity contribution in [2.75, 3.05) is 0 Å². The highest BCUT2D eigenvalue weighted by molar-refractivity contribution is 5.99. The van der Waals surface area contributed by atoms with Gasteiger partial charge in [0.05, 0.1) is 28.9 Å². The smallest absolute Gasteiger partial charge is 0.116 e. The summed E-state index contributed by atoms with van der Waals surface area (Å²) >= 11 is 0. The van der Waals surface area contributed by atoms with Gasteiger partial charge in [-0.05, 0) is 60.0 Å². The summed E-state index contributed by atoms with van der Waals surface area (Å²) in [4.78, 5) is 12.5. The zero-order valence-corrected chi connectivity index (χ0v) is 21.5. The normalized spacial score (nSPS) is 11.5. The van der Waals surface area contributed by atoms with Crippen molar-refractivity contribution in [2.24, 2.45) is 0 Å². The predicted octanol–water partition coefficient (Wildman–Crippen LogP) is 6.56. The van der Waals surface area contributed by atoms with Gasteiger partial charge in [0, 0.05) is 53.5 Å². The van der Waals surface area contributed by atoms with Crippen molar-refractivity contribution in [3.05, 3.63) is 121 Å². The number of H-pyrrole nitrogens is 2. The summed E-state index contributed by atoms with van der Waals surface area (Å²) in [7, 11) is 0. The second-order valence-electron chi connectivity index (χ2n) is 9.85. The Labute approximate surface area is 225 Å². The first-order valence-electron chi connectivity index (χ1n) is 13.0. The Bertz CT molecular complexity index is 1910.